The van der Waals surface area contributed by atoms with E-state index < -0.39 is 0 Å². The van der Waals surface area contributed by atoms with Gasteiger partial charge in [0.05, 0.1) is 0 Å². The number of anilines is 1. The van der Waals surface area contributed by atoms with Crippen LogP contribution >= 0.6 is 0 Å². The first-order valence-corrected chi connectivity index (χ1v) is 6.41. The average Bonchev–Trinajstić information content (AvgIpc) is 2.49. The summed E-state index contributed by atoms with van der Waals surface area (Å²) in [4.78, 5) is 4.95. The zero-order chi connectivity index (χ0) is 12.3. The van der Waals surface area contributed by atoms with Crippen molar-refractivity contribution in [2.45, 2.75) is 19.9 Å². The van der Waals surface area contributed by atoms with E-state index in [0.29, 0.717) is 0 Å². The predicted molar refractivity (Wildman–Crippen MR) is 73.0 cm³/mol. The molecule has 2 rings (SSSR count). The van der Waals surface area contributed by atoms with Crippen LogP contribution in [0.5, 0.6) is 0 Å². The van der Waals surface area contributed by atoms with Crippen molar-refractivity contribution in [1.82, 2.24) is 9.80 Å². The van der Waals surface area contributed by atoms with Crippen LogP contribution in [0, 0.1) is 6.92 Å². The summed E-state index contributed by atoms with van der Waals surface area (Å²) in [5.41, 5.74) is 9.30. The fourth-order valence-electron chi connectivity index (χ4n) is 2.35. The Morgan fingerprint density at radius 3 is 2.76 bits per heavy atom. The van der Waals surface area contributed by atoms with Gasteiger partial charge >= 0.3 is 0 Å². The highest BCUT2D eigenvalue weighted by Gasteiger charge is 2.12. The molecule has 0 unspecified atom stereocenters. The van der Waals surface area contributed by atoms with Crippen LogP contribution in [-0.2, 0) is 6.54 Å². The molecule has 17 heavy (non-hydrogen) atoms. The van der Waals surface area contributed by atoms with Crippen LogP contribution in [-0.4, -0.2) is 43.0 Å². The molecule has 0 spiro atoms. The third-order valence-electron chi connectivity index (χ3n) is 3.55. The highest BCUT2D eigenvalue weighted by molar-refractivity contribution is 5.47. The van der Waals surface area contributed by atoms with E-state index in [4.69, 9.17) is 5.73 Å². The SMILES string of the molecule is Cc1cc(CN2CCCN(C)CC2)ccc1N. The van der Waals surface area contributed by atoms with Crippen LogP contribution in [0.2, 0.25) is 0 Å². The quantitative estimate of drug-likeness (QED) is 0.789. The van der Waals surface area contributed by atoms with E-state index in [2.05, 4.69) is 35.9 Å². The standard InChI is InChI=1S/C14H23N3/c1-12-10-13(4-5-14(12)15)11-17-7-3-6-16(2)8-9-17/h4-5,10H,3,6-9,11,15H2,1-2H3. The highest BCUT2D eigenvalue weighted by Crippen LogP contribution is 2.15. The summed E-state index contributed by atoms with van der Waals surface area (Å²) in [5.74, 6) is 0. The van der Waals surface area contributed by atoms with Crippen molar-refractivity contribution in [3.05, 3.63) is 29.3 Å². The summed E-state index contributed by atoms with van der Waals surface area (Å²) >= 11 is 0. The second kappa shape index (κ2) is 5.52. The largest absolute Gasteiger partial charge is 0.399 e. The molecular formula is C14H23N3. The van der Waals surface area contributed by atoms with Crippen LogP contribution in [0.25, 0.3) is 0 Å². The van der Waals surface area contributed by atoms with E-state index in [-0.39, 0.29) is 0 Å². The lowest BCUT2D eigenvalue weighted by atomic mass is 10.1. The first kappa shape index (κ1) is 12.4. The first-order valence-electron chi connectivity index (χ1n) is 6.41. The van der Waals surface area contributed by atoms with E-state index in [1.165, 1.54) is 43.7 Å². The van der Waals surface area contributed by atoms with Crippen LogP contribution in [0.3, 0.4) is 0 Å². The Labute approximate surface area is 104 Å². The zero-order valence-electron chi connectivity index (χ0n) is 10.9. The molecule has 0 atom stereocenters. The lowest BCUT2D eigenvalue weighted by Gasteiger charge is -2.20. The van der Waals surface area contributed by atoms with E-state index in [0.717, 1.165) is 12.2 Å². The number of rotatable bonds is 2. The molecule has 3 heteroatoms. The minimum atomic E-state index is 0.893. The molecule has 0 radical (unpaired) electrons. The van der Waals surface area contributed by atoms with Crippen molar-refractivity contribution in [3.8, 4) is 0 Å². The third-order valence-corrected chi connectivity index (χ3v) is 3.55. The fraction of sp³-hybridized carbons (Fsp3) is 0.571. The highest BCUT2D eigenvalue weighted by atomic mass is 15.2. The van der Waals surface area contributed by atoms with E-state index in [1.54, 1.807) is 0 Å². The maximum atomic E-state index is 5.84. The van der Waals surface area contributed by atoms with Gasteiger partial charge in [-0.25, -0.2) is 0 Å². The summed E-state index contributed by atoms with van der Waals surface area (Å²) in [7, 11) is 2.21. The number of benzene rings is 1. The second-order valence-electron chi connectivity index (χ2n) is 5.12. The second-order valence-corrected chi connectivity index (χ2v) is 5.12. The summed E-state index contributed by atoms with van der Waals surface area (Å²) < 4.78 is 0. The molecule has 94 valence electrons. The molecule has 0 aliphatic carbocycles. The van der Waals surface area contributed by atoms with Gasteiger partial charge in [0, 0.05) is 25.3 Å². The van der Waals surface area contributed by atoms with Gasteiger partial charge in [0.1, 0.15) is 0 Å². The maximum absolute atomic E-state index is 5.84. The van der Waals surface area contributed by atoms with Crippen molar-refractivity contribution in [1.29, 1.82) is 0 Å². The number of nitrogens with zero attached hydrogens (tertiary/aromatic N) is 2. The van der Waals surface area contributed by atoms with Gasteiger partial charge < -0.3 is 10.6 Å². The summed E-state index contributed by atoms with van der Waals surface area (Å²) in [6, 6.07) is 6.38. The van der Waals surface area contributed by atoms with Crippen LogP contribution in [0.1, 0.15) is 17.5 Å². The van der Waals surface area contributed by atoms with Crippen molar-refractivity contribution in [3.63, 3.8) is 0 Å². The lowest BCUT2D eigenvalue weighted by Crippen LogP contribution is -2.28. The minimum absolute atomic E-state index is 0.893. The Kier molecular flexibility index (Phi) is 4.02. The van der Waals surface area contributed by atoms with Crippen LogP contribution < -0.4 is 5.73 Å². The molecule has 3 nitrogen and oxygen atoms in total. The molecule has 0 saturated carbocycles. The van der Waals surface area contributed by atoms with Crippen molar-refractivity contribution >= 4 is 5.69 Å². The summed E-state index contributed by atoms with van der Waals surface area (Å²) in [6.07, 6.45) is 1.27. The number of hydrogen-bond donors (Lipinski definition) is 1. The third kappa shape index (κ3) is 3.45. The Bertz CT molecular complexity index is 376. The maximum Gasteiger partial charge on any atom is 0.0343 e. The first-order chi connectivity index (χ1) is 8.15. The number of nitrogen functional groups attached to an aromatic ring is 1. The normalized spacial score (nSPS) is 19.2. The Balaban J connectivity index is 1.97. The Morgan fingerprint density at radius 2 is 2.00 bits per heavy atom. The molecule has 1 aliphatic heterocycles. The molecule has 1 fully saturated rings. The monoisotopic (exact) mass is 233 g/mol. The topological polar surface area (TPSA) is 32.5 Å². The fourth-order valence-corrected chi connectivity index (χ4v) is 2.35. The van der Waals surface area contributed by atoms with Crippen molar-refractivity contribution < 1.29 is 0 Å². The van der Waals surface area contributed by atoms with Crippen LogP contribution in [0.15, 0.2) is 18.2 Å². The Hall–Kier alpha value is -1.06. The lowest BCUT2D eigenvalue weighted by molar-refractivity contribution is 0.269. The number of hydrogen-bond acceptors (Lipinski definition) is 3. The molecule has 2 N–H and O–H groups in total. The molecule has 1 saturated heterocycles. The summed E-state index contributed by atoms with van der Waals surface area (Å²) in [5, 5.41) is 0. The molecule has 0 amide bonds. The average molecular weight is 233 g/mol. The zero-order valence-corrected chi connectivity index (χ0v) is 10.9. The van der Waals surface area contributed by atoms with Gasteiger partial charge in [0.15, 0.2) is 0 Å². The summed E-state index contributed by atoms with van der Waals surface area (Å²) in [6.45, 7) is 7.89. The minimum Gasteiger partial charge on any atom is -0.399 e. The Morgan fingerprint density at radius 1 is 1.18 bits per heavy atom. The molecule has 0 bridgehead atoms. The van der Waals surface area contributed by atoms with Gasteiger partial charge in [0.25, 0.3) is 0 Å². The molecule has 0 aromatic heterocycles. The van der Waals surface area contributed by atoms with Gasteiger partial charge in [-0.05, 0) is 50.7 Å². The van der Waals surface area contributed by atoms with Gasteiger partial charge in [-0.1, -0.05) is 12.1 Å². The van der Waals surface area contributed by atoms with Gasteiger partial charge in [-0.3, -0.25) is 4.90 Å². The van der Waals surface area contributed by atoms with Crippen LogP contribution in [0.4, 0.5) is 5.69 Å². The molecule has 1 aromatic carbocycles. The van der Waals surface area contributed by atoms with Gasteiger partial charge in [0.2, 0.25) is 0 Å². The van der Waals surface area contributed by atoms with Crippen molar-refractivity contribution in [2.75, 3.05) is 39.0 Å². The number of aryl methyl sites for hydroxylation is 1. The van der Waals surface area contributed by atoms with Gasteiger partial charge in [-0.15, -0.1) is 0 Å². The van der Waals surface area contributed by atoms with E-state index in [1.807, 2.05) is 6.07 Å². The molecule has 1 aliphatic rings. The molecule has 1 aromatic rings. The molecule has 1 heterocycles. The van der Waals surface area contributed by atoms with Crippen molar-refractivity contribution in [2.24, 2.45) is 0 Å². The van der Waals surface area contributed by atoms with Gasteiger partial charge in [-0.2, -0.15) is 0 Å². The number of nitrogens with two attached hydrogens (primary N) is 1. The predicted octanol–water partition coefficient (Wildman–Crippen LogP) is 1.71. The smallest absolute Gasteiger partial charge is 0.0343 e. The molecular weight excluding hydrogens is 210 g/mol. The van der Waals surface area contributed by atoms with E-state index >= 15 is 0 Å². The number of likely N-dealkylation sites (N-methyl/N-ethyl adjacent to an activating group) is 1. The van der Waals surface area contributed by atoms with E-state index in [9.17, 15) is 0 Å².